The SMILES string of the molecule is [2H]C1=C([2H])C([2H])C([2H])C(C2(Cc3ccc(C=C)cc3)c3ccccc3-c3ccc(N(c4ccc5c(c4)C4(c6ccccc6-5)c5ccccc5-c5ccc(N(c6ccc7c(c6)C(Cc6ccc(C=C)cc6)(c6c([2H])c([2H])c([2H])c([2H])c6[2H])c6ccccc6-7)c6cccc7ccccc67)cc54)c4cccc5ccccc45)cc32)=C1[2H]. The van der Waals surface area contributed by atoms with Crippen LogP contribution < -0.4 is 9.80 Å². The Kier molecular flexibility index (Phi) is 11.7. The molecule has 15 aromatic rings. The Labute approximate surface area is 617 Å². The third-order valence-electron chi connectivity index (χ3n) is 22.7. The molecule has 5 atom stereocenters. The molecular formula is C101H72N2. The second-order valence-electron chi connectivity index (χ2n) is 27.7. The number of nitrogens with zero attached hydrogens (tertiary/aromatic N) is 2. The Morgan fingerprint density at radius 2 is 0.738 bits per heavy atom. The molecule has 1 spiro atoms. The molecule has 103 heavy (non-hydrogen) atoms. The van der Waals surface area contributed by atoms with Crippen LogP contribution in [0.2, 0.25) is 0 Å². The van der Waals surface area contributed by atoms with E-state index in [0.717, 1.165) is 167 Å². The fourth-order valence-electron chi connectivity index (χ4n) is 18.3. The molecule has 5 aliphatic carbocycles. The second-order valence-corrected chi connectivity index (χ2v) is 27.7. The first-order chi connectivity index (χ1) is 55.1. The molecule has 0 fully saturated rings. The van der Waals surface area contributed by atoms with Gasteiger partial charge in [0.05, 0.1) is 33.2 Å². The van der Waals surface area contributed by atoms with Crippen LogP contribution in [0.1, 0.15) is 98.8 Å². The van der Waals surface area contributed by atoms with Crippen LogP contribution in [0.4, 0.5) is 34.1 Å². The summed E-state index contributed by atoms with van der Waals surface area (Å²) in [5.41, 5.74) is 21.9. The maximum absolute atomic E-state index is 10.1. The predicted octanol–water partition coefficient (Wildman–Crippen LogP) is 25.9. The van der Waals surface area contributed by atoms with Gasteiger partial charge in [0.15, 0.2) is 0 Å². The second kappa shape index (κ2) is 23.8. The highest BCUT2D eigenvalue weighted by molar-refractivity contribution is 6.04. The van der Waals surface area contributed by atoms with E-state index in [9.17, 15) is 11.0 Å². The van der Waals surface area contributed by atoms with E-state index in [1.165, 1.54) is 0 Å². The monoisotopic (exact) mass is 1320 g/mol. The molecule has 0 amide bonds. The number of allylic oxidation sites excluding steroid dienone is 4. The maximum Gasteiger partial charge on any atom is 0.0727 e. The van der Waals surface area contributed by atoms with Crippen LogP contribution in [0.3, 0.4) is 0 Å². The number of hydrogen-bond acceptors (Lipinski definition) is 2. The standard InChI is InChI=1S/C101H72N2/c1-3-67-45-49-69(50-46-67)65-99(73-29-7-5-8-30-73)89-39-19-15-35-81(89)85-57-53-75(61-93(85)99)102(97-43-23-27-71-25-11-13-33-79(71)97)77-55-59-87-83-37-17-21-41-91(83)101(95(87)63-77)92-42-22-18-38-84(92)88-60-56-78(64-96(88)101)103(98-44-24-28-72-26-12-14-34-80(72)98)76-54-58-86-82-36-16-20-40-90(82)100(94(86)62-76,74-31-9-6-10-32-74)66-70-51-47-68(4-2)48-52-70/h3-9,11-31,33-64H,1-2,10,32,65-66H2/i5D,6D,7D,8D,9D,10D,29D,30D,31D,32D. The number of anilines is 6. The van der Waals surface area contributed by atoms with Crippen molar-refractivity contribution in [1.82, 2.24) is 0 Å². The van der Waals surface area contributed by atoms with Crippen LogP contribution in [0.5, 0.6) is 0 Å². The van der Waals surface area contributed by atoms with Gasteiger partial charge < -0.3 is 9.80 Å². The third kappa shape index (κ3) is 9.00. The Morgan fingerprint density at radius 3 is 1.22 bits per heavy atom. The Balaban J connectivity index is 0.829. The number of benzene rings is 15. The largest absolute Gasteiger partial charge is 0.310 e. The molecule has 0 aromatic heterocycles. The highest BCUT2D eigenvalue weighted by atomic mass is 15.2. The van der Waals surface area contributed by atoms with E-state index < -0.39 is 47.2 Å². The summed E-state index contributed by atoms with van der Waals surface area (Å²) in [4.78, 5) is 4.71. The first-order valence-electron chi connectivity index (χ1n) is 40.5. The van der Waals surface area contributed by atoms with Gasteiger partial charge in [0.2, 0.25) is 0 Å². The van der Waals surface area contributed by atoms with E-state index in [0.29, 0.717) is 12.0 Å². The highest BCUT2D eigenvalue weighted by Gasteiger charge is 2.53. The van der Waals surface area contributed by atoms with Crippen molar-refractivity contribution in [3.63, 3.8) is 0 Å². The molecule has 0 saturated heterocycles. The van der Waals surface area contributed by atoms with Crippen LogP contribution in [0.15, 0.2) is 370 Å². The fraction of sp³-hybridized carbons (Fsp3) is 0.0693. The summed E-state index contributed by atoms with van der Waals surface area (Å²) in [5.74, 6) is 0. The van der Waals surface area contributed by atoms with Crippen molar-refractivity contribution in [1.29, 1.82) is 0 Å². The van der Waals surface area contributed by atoms with E-state index >= 15 is 0 Å². The summed E-state index contributed by atoms with van der Waals surface area (Å²) in [5, 5.41) is 4.11. The van der Waals surface area contributed by atoms with Crippen LogP contribution in [-0.4, -0.2) is 0 Å². The van der Waals surface area contributed by atoms with Gasteiger partial charge in [-0.2, -0.15) is 0 Å². The zero-order chi connectivity index (χ0) is 77.1. The Morgan fingerprint density at radius 1 is 0.359 bits per heavy atom. The zero-order valence-corrected chi connectivity index (χ0v) is 56.4. The average Bonchev–Trinajstić information content (AvgIpc) is 1.52. The molecule has 0 radical (unpaired) electrons. The normalized spacial score (nSPS) is 20.4. The van der Waals surface area contributed by atoms with Gasteiger partial charge in [-0.05, 0) is 214 Å². The molecule has 0 N–H and O–H groups in total. The summed E-state index contributed by atoms with van der Waals surface area (Å²) >= 11 is 0. The summed E-state index contributed by atoms with van der Waals surface area (Å²) in [6, 6.07) is 105. The van der Waals surface area contributed by atoms with E-state index in [1.54, 1.807) is 6.08 Å². The molecule has 20 rings (SSSR count). The predicted molar refractivity (Wildman–Crippen MR) is 432 cm³/mol. The molecule has 0 saturated carbocycles. The van der Waals surface area contributed by atoms with Crippen LogP contribution in [-0.2, 0) is 29.1 Å². The van der Waals surface area contributed by atoms with E-state index in [-0.39, 0.29) is 42.2 Å². The molecule has 2 heteroatoms. The van der Waals surface area contributed by atoms with Crippen molar-refractivity contribution in [2.45, 2.75) is 41.9 Å². The number of hydrogen-bond donors (Lipinski definition) is 0. The lowest BCUT2D eigenvalue weighted by Gasteiger charge is -2.37. The number of fused-ring (bicyclic) bond motifs is 18. The quantitative estimate of drug-likeness (QED) is 0.107. The van der Waals surface area contributed by atoms with Gasteiger partial charge in [0.25, 0.3) is 0 Å². The minimum Gasteiger partial charge on any atom is -0.310 e. The van der Waals surface area contributed by atoms with Crippen molar-refractivity contribution in [3.05, 3.63) is 443 Å². The van der Waals surface area contributed by atoms with Gasteiger partial charge >= 0.3 is 0 Å². The summed E-state index contributed by atoms with van der Waals surface area (Å²) in [6.07, 6.45) is 1.46. The summed E-state index contributed by atoms with van der Waals surface area (Å²) in [7, 11) is 0. The van der Waals surface area contributed by atoms with Crippen LogP contribution >= 0.6 is 0 Å². The van der Waals surface area contributed by atoms with Crippen LogP contribution in [0, 0.1) is 0 Å². The molecule has 0 aliphatic heterocycles. The van der Waals surface area contributed by atoms with Crippen molar-refractivity contribution in [2.75, 3.05) is 9.80 Å². The third-order valence-corrected chi connectivity index (χ3v) is 22.7. The Hall–Kier alpha value is -12.6. The fourth-order valence-corrected chi connectivity index (χ4v) is 18.3. The molecular weight excluding hydrogens is 1240 g/mol. The van der Waals surface area contributed by atoms with Gasteiger partial charge in [-0.1, -0.05) is 322 Å². The lowest BCUT2D eigenvalue weighted by Crippen LogP contribution is -2.31. The molecule has 5 unspecified atom stereocenters. The van der Waals surface area contributed by atoms with Crippen molar-refractivity contribution < 1.29 is 13.7 Å². The van der Waals surface area contributed by atoms with E-state index in [4.69, 9.17) is 2.74 Å². The van der Waals surface area contributed by atoms with Gasteiger partial charge in [-0.15, -0.1) is 0 Å². The lowest BCUT2D eigenvalue weighted by atomic mass is 9.66. The first-order valence-corrected chi connectivity index (χ1v) is 35.4. The molecule has 0 bridgehead atoms. The number of rotatable bonds is 14. The molecule has 2 nitrogen and oxygen atoms in total. The molecule has 5 aliphatic rings. The van der Waals surface area contributed by atoms with Crippen molar-refractivity contribution >= 4 is 67.8 Å². The minimum absolute atomic E-state index is 0.196. The van der Waals surface area contributed by atoms with Gasteiger partial charge in [0.1, 0.15) is 0 Å². The van der Waals surface area contributed by atoms with E-state index in [1.807, 2.05) is 54.6 Å². The van der Waals surface area contributed by atoms with Gasteiger partial charge in [-0.25, -0.2) is 0 Å². The van der Waals surface area contributed by atoms with Crippen molar-refractivity contribution in [3.8, 4) is 44.5 Å². The molecule has 15 aromatic carbocycles. The van der Waals surface area contributed by atoms with Crippen LogP contribution in [0.25, 0.3) is 78.2 Å². The van der Waals surface area contributed by atoms with Crippen molar-refractivity contribution in [2.24, 2.45) is 0 Å². The van der Waals surface area contributed by atoms with Gasteiger partial charge in [0, 0.05) is 41.7 Å². The molecule has 0 heterocycles. The summed E-state index contributed by atoms with van der Waals surface area (Å²) < 4.78 is 95.2. The smallest absolute Gasteiger partial charge is 0.0727 e. The van der Waals surface area contributed by atoms with Gasteiger partial charge in [-0.3, -0.25) is 0 Å². The summed E-state index contributed by atoms with van der Waals surface area (Å²) in [6.45, 7) is 8.11. The maximum atomic E-state index is 10.1. The minimum atomic E-state index is -1.40. The first kappa shape index (κ1) is 50.7. The average molecular weight is 1320 g/mol. The Bertz CT molecular complexity index is 6620. The topological polar surface area (TPSA) is 6.48 Å². The molecule has 486 valence electrons. The zero-order valence-electron chi connectivity index (χ0n) is 66.4. The van der Waals surface area contributed by atoms with E-state index in [2.05, 4.69) is 278 Å². The lowest BCUT2D eigenvalue weighted by molar-refractivity contribution is 0.584. The highest BCUT2D eigenvalue weighted by Crippen LogP contribution is 2.66.